The van der Waals surface area contributed by atoms with Crippen molar-refractivity contribution in [1.29, 1.82) is 0 Å². The minimum absolute atomic E-state index is 0.0747. The number of nitrogens with one attached hydrogen (secondary N) is 1. The highest BCUT2D eigenvalue weighted by molar-refractivity contribution is 5.76. The lowest BCUT2D eigenvalue weighted by atomic mass is 10.1. The van der Waals surface area contributed by atoms with Crippen LogP contribution in [0.5, 0.6) is 0 Å². The summed E-state index contributed by atoms with van der Waals surface area (Å²) in [5, 5.41) is 22.6. The summed E-state index contributed by atoms with van der Waals surface area (Å²) in [4.78, 5) is 12.2. The van der Waals surface area contributed by atoms with Crippen molar-refractivity contribution in [1.82, 2.24) is 5.32 Å². The molecule has 3 N–H and O–H groups in total. The first-order chi connectivity index (χ1) is 18.2. The summed E-state index contributed by atoms with van der Waals surface area (Å²) >= 11 is 0. The number of carbonyl (C=O) groups excluding carboxylic acids is 1. The molecule has 4 heteroatoms. The molecule has 37 heavy (non-hydrogen) atoms. The van der Waals surface area contributed by atoms with E-state index in [1.807, 2.05) is 6.08 Å². The quantitative estimate of drug-likeness (QED) is 0.0711. The van der Waals surface area contributed by atoms with Gasteiger partial charge in [0.25, 0.3) is 0 Å². The van der Waals surface area contributed by atoms with Gasteiger partial charge in [-0.05, 0) is 44.9 Å². The minimum atomic E-state index is -0.834. The summed E-state index contributed by atoms with van der Waals surface area (Å²) in [6, 6.07) is -0.617. The van der Waals surface area contributed by atoms with Gasteiger partial charge in [0.05, 0.1) is 18.8 Å². The summed E-state index contributed by atoms with van der Waals surface area (Å²) in [5.41, 5.74) is 0. The molecule has 0 aromatic rings. The standard InChI is InChI=1S/C33H63NO3/c1-3-5-7-9-11-12-13-14-15-16-17-18-19-20-21-23-25-27-29-33(37)34-31(30-35)32(36)28-26-24-22-10-8-6-4-2/h15-16,26,28,31-32,35-36H,3-14,17-25,27,29-30H2,1-2H3,(H,34,37)/b16-15-,28-26+. The van der Waals surface area contributed by atoms with Crippen LogP contribution in [0.4, 0.5) is 0 Å². The number of rotatable bonds is 28. The topological polar surface area (TPSA) is 69.6 Å². The summed E-state index contributed by atoms with van der Waals surface area (Å²) in [7, 11) is 0. The number of hydrogen-bond acceptors (Lipinski definition) is 3. The van der Waals surface area contributed by atoms with Crippen LogP contribution in [0.2, 0.25) is 0 Å². The molecule has 0 radical (unpaired) electrons. The van der Waals surface area contributed by atoms with Crippen molar-refractivity contribution in [2.24, 2.45) is 0 Å². The van der Waals surface area contributed by atoms with Crippen LogP contribution < -0.4 is 5.32 Å². The van der Waals surface area contributed by atoms with Crippen LogP contribution in [0, 0.1) is 0 Å². The van der Waals surface area contributed by atoms with E-state index in [1.165, 1.54) is 116 Å². The van der Waals surface area contributed by atoms with Gasteiger partial charge in [0, 0.05) is 6.42 Å². The second-order valence-electron chi connectivity index (χ2n) is 10.9. The van der Waals surface area contributed by atoms with Gasteiger partial charge in [-0.25, -0.2) is 0 Å². The van der Waals surface area contributed by atoms with Gasteiger partial charge in [-0.1, -0.05) is 134 Å². The van der Waals surface area contributed by atoms with Crippen molar-refractivity contribution in [2.45, 2.75) is 174 Å². The molecule has 0 fully saturated rings. The van der Waals surface area contributed by atoms with Crippen LogP contribution in [0.15, 0.2) is 24.3 Å². The molecule has 0 saturated carbocycles. The highest BCUT2D eigenvalue weighted by Gasteiger charge is 2.17. The Hall–Kier alpha value is -1.13. The third kappa shape index (κ3) is 26.3. The predicted octanol–water partition coefficient (Wildman–Crippen LogP) is 8.95. The molecule has 2 atom stereocenters. The third-order valence-corrected chi connectivity index (χ3v) is 7.18. The van der Waals surface area contributed by atoms with Gasteiger partial charge >= 0.3 is 0 Å². The van der Waals surface area contributed by atoms with Gasteiger partial charge in [-0.3, -0.25) is 4.79 Å². The Bertz CT molecular complexity index is 532. The number of unbranched alkanes of at least 4 members (excludes halogenated alkanes) is 19. The van der Waals surface area contributed by atoms with E-state index in [4.69, 9.17) is 0 Å². The van der Waals surface area contributed by atoms with Crippen molar-refractivity contribution in [3.63, 3.8) is 0 Å². The third-order valence-electron chi connectivity index (χ3n) is 7.18. The highest BCUT2D eigenvalue weighted by Crippen LogP contribution is 2.12. The van der Waals surface area contributed by atoms with Gasteiger partial charge in [0.1, 0.15) is 0 Å². The molecule has 1 amide bonds. The van der Waals surface area contributed by atoms with Crippen molar-refractivity contribution in [3.8, 4) is 0 Å². The van der Waals surface area contributed by atoms with E-state index in [2.05, 4.69) is 31.3 Å². The van der Waals surface area contributed by atoms with E-state index in [0.29, 0.717) is 6.42 Å². The average molecular weight is 522 g/mol. The van der Waals surface area contributed by atoms with Crippen molar-refractivity contribution >= 4 is 5.91 Å². The van der Waals surface area contributed by atoms with Gasteiger partial charge in [-0.15, -0.1) is 0 Å². The van der Waals surface area contributed by atoms with Crippen LogP contribution in [0.1, 0.15) is 162 Å². The predicted molar refractivity (Wildman–Crippen MR) is 161 cm³/mol. The lowest BCUT2D eigenvalue weighted by Crippen LogP contribution is -2.45. The van der Waals surface area contributed by atoms with Crippen LogP contribution in [0.25, 0.3) is 0 Å². The molecule has 0 aliphatic rings. The van der Waals surface area contributed by atoms with E-state index in [0.717, 1.165) is 25.7 Å². The van der Waals surface area contributed by atoms with Gasteiger partial charge in [0.2, 0.25) is 5.91 Å². The van der Waals surface area contributed by atoms with E-state index in [9.17, 15) is 15.0 Å². The van der Waals surface area contributed by atoms with Gasteiger partial charge < -0.3 is 15.5 Å². The molecule has 0 heterocycles. The zero-order valence-electron chi connectivity index (χ0n) is 24.7. The summed E-state index contributed by atoms with van der Waals surface area (Å²) in [5.74, 6) is -0.0747. The average Bonchev–Trinajstić information content (AvgIpc) is 2.90. The fourth-order valence-corrected chi connectivity index (χ4v) is 4.64. The number of allylic oxidation sites excluding steroid dienone is 3. The maximum atomic E-state index is 12.2. The molecule has 218 valence electrons. The second kappa shape index (κ2) is 29.4. The maximum Gasteiger partial charge on any atom is 0.220 e. The monoisotopic (exact) mass is 521 g/mol. The molecular formula is C33H63NO3. The number of aliphatic hydroxyl groups excluding tert-OH is 2. The fourth-order valence-electron chi connectivity index (χ4n) is 4.64. The molecular weight excluding hydrogens is 458 g/mol. The Morgan fingerprint density at radius 1 is 0.622 bits per heavy atom. The first-order valence-electron chi connectivity index (χ1n) is 16.1. The SMILES string of the molecule is CCCCCCC/C=C/C(O)C(CO)NC(=O)CCCCCCCCC/C=C\CCCCCCCCC. The van der Waals surface area contributed by atoms with E-state index < -0.39 is 12.1 Å². The van der Waals surface area contributed by atoms with Gasteiger partial charge in [-0.2, -0.15) is 0 Å². The van der Waals surface area contributed by atoms with Crippen molar-refractivity contribution in [3.05, 3.63) is 24.3 Å². The largest absolute Gasteiger partial charge is 0.394 e. The molecule has 0 spiro atoms. The van der Waals surface area contributed by atoms with Gasteiger partial charge in [0.15, 0.2) is 0 Å². The number of hydrogen-bond donors (Lipinski definition) is 3. The molecule has 0 rings (SSSR count). The molecule has 0 aromatic carbocycles. The normalized spacial score (nSPS) is 13.5. The van der Waals surface area contributed by atoms with Crippen molar-refractivity contribution in [2.75, 3.05) is 6.61 Å². The Morgan fingerprint density at radius 3 is 1.49 bits per heavy atom. The molecule has 0 bridgehead atoms. The van der Waals surface area contributed by atoms with Crippen LogP contribution in [0.3, 0.4) is 0 Å². The smallest absolute Gasteiger partial charge is 0.220 e. The number of amides is 1. The minimum Gasteiger partial charge on any atom is -0.394 e. The molecule has 0 aliphatic carbocycles. The van der Waals surface area contributed by atoms with Crippen LogP contribution in [-0.4, -0.2) is 34.9 Å². The van der Waals surface area contributed by atoms with Crippen LogP contribution >= 0.6 is 0 Å². The van der Waals surface area contributed by atoms with Crippen LogP contribution in [-0.2, 0) is 4.79 Å². The second-order valence-corrected chi connectivity index (χ2v) is 10.9. The number of carbonyl (C=O) groups is 1. The van der Waals surface area contributed by atoms with E-state index >= 15 is 0 Å². The zero-order chi connectivity index (χ0) is 27.2. The first-order valence-corrected chi connectivity index (χ1v) is 16.1. The molecule has 2 unspecified atom stereocenters. The molecule has 0 aromatic heterocycles. The van der Waals surface area contributed by atoms with E-state index in [-0.39, 0.29) is 12.5 Å². The Kier molecular flexibility index (Phi) is 28.5. The van der Waals surface area contributed by atoms with Crippen molar-refractivity contribution < 1.29 is 15.0 Å². The zero-order valence-corrected chi connectivity index (χ0v) is 24.7. The first kappa shape index (κ1) is 35.9. The lowest BCUT2D eigenvalue weighted by Gasteiger charge is -2.20. The Balaban J connectivity index is 3.59. The summed E-state index contributed by atoms with van der Waals surface area (Å²) < 4.78 is 0. The van der Waals surface area contributed by atoms with E-state index in [1.54, 1.807) is 6.08 Å². The fraction of sp³-hybridized carbons (Fsp3) is 0.848. The molecule has 4 nitrogen and oxygen atoms in total. The lowest BCUT2D eigenvalue weighted by molar-refractivity contribution is -0.123. The maximum absolute atomic E-state index is 12.2. The summed E-state index contributed by atoms with van der Waals surface area (Å²) in [6.07, 6.45) is 35.5. The Morgan fingerprint density at radius 2 is 1.03 bits per heavy atom. The Labute approximate surface area is 230 Å². The molecule has 0 saturated heterocycles. The highest BCUT2D eigenvalue weighted by atomic mass is 16.3. The summed E-state index contributed by atoms with van der Waals surface area (Å²) in [6.45, 7) is 4.23. The molecule has 0 aliphatic heterocycles. The number of aliphatic hydroxyl groups is 2.